The lowest BCUT2D eigenvalue weighted by Gasteiger charge is -1.59. The lowest BCUT2D eigenvalue weighted by Crippen LogP contribution is -1.57. The summed E-state index contributed by atoms with van der Waals surface area (Å²) < 4.78 is 21.6. The Bertz CT molecular complexity index is 204. The van der Waals surface area contributed by atoms with Gasteiger partial charge < -0.3 is 0 Å². The minimum atomic E-state index is -2.53. The molecule has 0 spiro atoms. The predicted octanol–water partition coefficient (Wildman–Crippen LogP) is 0.0234. The highest BCUT2D eigenvalue weighted by Gasteiger charge is 1.61. The molecule has 0 aromatic carbocycles. The van der Waals surface area contributed by atoms with Gasteiger partial charge in [0.1, 0.15) is 0 Å². The van der Waals surface area contributed by atoms with Crippen molar-refractivity contribution in [2.45, 2.75) is 0 Å². The van der Waals surface area contributed by atoms with Crippen LogP contribution in [0.1, 0.15) is 0 Å². The van der Waals surface area contributed by atoms with E-state index in [-0.39, 0.29) is 0 Å². The first kappa shape index (κ1) is 6.89. The number of rotatable bonds is 2. The maximum atomic E-state index is 9.49. The summed E-state index contributed by atoms with van der Waals surface area (Å²) in [7, 11) is -2.53. The van der Waals surface area contributed by atoms with E-state index in [0.717, 1.165) is 0 Å². The lowest BCUT2D eigenvalue weighted by atomic mass is 11.4. The molecular weight excluding hydrogens is 132 g/mol. The highest BCUT2D eigenvalue weighted by molar-refractivity contribution is 7.61. The zero-order valence-electron chi connectivity index (χ0n) is 3.64. The Morgan fingerprint density at radius 2 is 2.12 bits per heavy atom. The van der Waals surface area contributed by atoms with E-state index >= 15 is 0 Å². The Labute approximate surface area is 46.4 Å². The Balaban J connectivity index is 3.96. The van der Waals surface area contributed by atoms with Gasteiger partial charge in [0, 0.05) is 0 Å². The van der Waals surface area contributed by atoms with E-state index in [9.17, 15) is 8.42 Å². The quantitative estimate of drug-likeness (QED) is 0.249. The highest BCUT2D eigenvalue weighted by atomic mass is 32.2. The first-order chi connectivity index (χ1) is 3.77. The van der Waals surface area contributed by atoms with Gasteiger partial charge in [-0.2, -0.15) is 8.42 Å². The molecule has 7 heteroatoms. The van der Waals surface area contributed by atoms with Crippen LogP contribution in [0, 0.1) is 5.53 Å². The van der Waals surface area contributed by atoms with E-state index in [1.165, 1.54) is 0 Å². The van der Waals surface area contributed by atoms with Gasteiger partial charge in [-0.1, -0.05) is 0 Å². The first-order valence-electron chi connectivity index (χ1n) is 1.46. The molecule has 0 heterocycles. The second-order valence-electron chi connectivity index (χ2n) is 0.659. The zero-order chi connectivity index (χ0) is 6.41. The molecule has 0 radical (unpaired) electrons. The fraction of sp³-hybridized carbons (Fsp3) is 0. The molecule has 8 heavy (non-hydrogen) atoms. The van der Waals surface area contributed by atoms with Crippen LogP contribution in [-0.2, 0) is 10.5 Å². The van der Waals surface area contributed by atoms with Crippen LogP contribution < -0.4 is 0 Å². The van der Waals surface area contributed by atoms with Gasteiger partial charge in [-0.05, 0) is 4.47 Å². The summed E-state index contributed by atoms with van der Waals surface area (Å²) in [5, 5.41) is 5.42. The van der Waals surface area contributed by atoms with Crippen LogP contribution in [0.3, 0.4) is 0 Å². The predicted molar refractivity (Wildman–Crippen MR) is 25.0 cm³/mol. The smallest absolute Gasteiger partial charge is 0.203 e. The van der Waals surface area contributed by atoms with Crippen LogP contribution in [0.15, 0.2) is 14.7 Å². The van der Waals surface area contributed by atoms with Crippen LogP contribution in [0.4, 0.5) is 0 Å². The van der Waals surface area contributed by atoms with Gasteiger partial charge >= 0.3 is 10.5 Å². The van der Waals surface area contributed by atoms with Crippen molar-refractivity contribution in [3.05, 3.63) is 0 Å². The van der Waals surface area contributed by atoms with E-state index in [4.69, 9.17) is 5.53 Å². The van der Waals surface area contributed by atoms with Crippen LogP contribution in [0.5, 0.6) is 0 Å². The Morgan fingerprint density at radius 3 is 2.50 bits per heavy atom. The SMILES string of the molecule is N=NC=NN=S(=O)=O. The fourth-order valence-electron chi connectivity index (χ4n) is 0.0854. The van der Waals surface area contributed by atoms with Crippen molar-refractivity contribution in [2.75, 3.05) is 0 Å². The van der Waals surface area contributed by atoms with Gasteiger partial charge in [0.25, 0.3) is 0 Å². The van der Waals surface area contributed by atoms with Crippen LogP contribution in [0.25, 0.3) is 0 Å². The standard InChI is InChI=1S/CH2N4O2S/c2-3-1-4-5-8(6)7/h1-2H. The van der Waals surface area contributed by atoms with Crippen molar-refractivity contribution in [3.8, 4) is 0 Å². The second-order valence-corrected chi connectivity index (χ2v) is 1.26. The highest BCUT2D eigenvalue weighted by Crippen LogP contribution is 1.65. The molecule has 0 saturated carbocycles. The molecule has 0 rings (SSSR count). The van der Waals surface area contributed by atoms with Gasteiger partial charge in [-0.25, -0.2) is 5.53 Å². The van der Waals surface area contributed by atoms with Crippen molar-refractivity contribution >= 4 is 16.8 Å². The van der Waals surface area contributed by atoms with E-state index in [1.54, 1.807) is 0 Å². The fourth-order valence-corrected chi connectivity index (χ4v) is 0.205. The molecule has 0 aliphatic rings. The second kappa shape index (κ2) is 4.06. The summed E-state index contributed by atoms with van der Waals surface area (Å²) in [5.74, 6) is 0. The van der Waals surface area contributed by atoms with E-state index in [0.29, 0.717) is 6.34 Å². The van der Waals surface area contributed by atoms with Gasteiger partial charge in [-0.3, -0.25) is 0 Å². The minimum Gasteiger partial charge on any atom is -0.203 e. The van der Waals surface area contributed by atoms with E-state index in [2.05, 4.69) is 14.7 Å². The summed E-state index contributed by atoms with van der Waals surface area (Å²) >= 11 is 0. The third-order valence-electron chi connectivity index (χ3n) is 0.223. The summed E-state index contributed by atoms with van der Waals surface area (Å²) in [6, 6.07) is 0. The normalized spacial score (nSPS) is 9.00. The van der Waals surface area contributed by atoms with Crippen molar-refractivity contribution in [3.63, 3.8) is 0 Å². The zero-order valence-corrected chi connectivity index (χ0v) is 4.46. The number of hydrogen-bond acceptors (Lipinski definition) is 4. The third-order valence-corrected chi connectivity index (χ3v) is 0.451. The largest absolute Gasteiger partial charge is 0.334 e. The number of nitrogens with one attached hydrogen (secondary N) is 1. The minimum absolute atomic E-state index is 0.704. The molecule has 0 aromatic heterocycles. The lowest BCUT2D eigenvalue weighted by molar-refractivity contribution is 0.621. The first-order valence-corrected chi connectivity index (χ1v) is 2.49. The summed E-state index contributed by atoms with van der Waals surface area (Å²) in [4.78, 5) is 0. The summed E-state index contributed by atoms with van der Waals surface area (Å²) in [6.07, 6.45) is 0.704. The molecule has 1 N–H and O–H groups in total. The Hall–Kier alpha value is -1.11. The number of hydrogen-bond donors (Lipinski definition) is 1. The van der Waals surface area contributed by atoms with Crippen LogP contribution in [-0.4, -0.2) is 14.8 Å². The molecule has 44 valence electrons. The van der Waals surface area contributed by atoms with Crippen LogP contribution in [0.2, 0.25) is 0 Å². The summed E-state index contributed by atoms with van der Waals surface area (Å²) in [6.45, 7) is 0. The molecule has 0 atom stereocenters. The molecule has 0 aliphatic heterocycles. The van der Waals surface area contributed by atoms with Gasteiger partial charge in [0.15, 0.2) is 6.34 Å². The molecule has 0 saturated heterocycles. The van der Waals surface area contributed by atoms with Crippen LogP contribution >= 0.6 is 0 Å². The molecule has 0 unspecified atom stereocenters. The topological polar surface area (TPSA) is 95.1 Å². The summed E-state index contributed by atoms with van der Waals surface area (Å²) in [5.41, 5.74) is 6.06. The Kier molecular flexibility index (Phi) is 3.50. The monoisotopic (exact) mass is 134 g/mol. The van der Waals surface area contributed by atoms with Gasteiger partial charge in [-0.15, -0.1) is 10.2 Å². The van der Waals surface area contributed by atoms with Gasteiger partial charge in [0.2, 0.25) is 0 Å². The van der Waals surface area contributed by atoms with E-state index in [1.807, 2.05) is 0 Å². The third kappa shape index (κ3) is 4.89. The van der Waals surface area contributed by atoms with Crippen molar-refractivity contribution < 1.29 is 8.42 Å². The molecule has 0 fully saturated rings. The maximum Gasteiger partial charge on any atom is 0.334 e. The van der Waals surface area contributed by atoms with E-state index < -0.39 is 10.5 Å². The molecule has 0 bridgehead atoms. The molecule has 0 aromatic rings. The average molecular weight is 134 g/mol. The molecule has 0 amide bonds. The average Bonchev–Trinajstić information content (AvgIpc) is 1.66. The maximum absolute atomic E-state index is 9.49. The number of nitrogens with zero attached hydrogens (tertiary/aromatic N) is 3. The van der Waals surface area contributed by atoms with Gasteiger partial charge in [0.05, 0.1) is 0 Å². The van der Waals surface area contributed by atoms with Crippen molar-refractivity contribution in [1.29, 1.82) is 5.53 Å². The molecule has 6 nitrogen and oxygen atoms in total. The Morgan fingerprint density at radius 1 is 1.50 bits per heavy atom. The van der Waals surface area contributed by atoms with Crippen molar-refractivity contribution in [1.82, 2.24) is 0 Å². The molecular formula is CH2N4O2S. The van der Waals surface area contributed by atoms with Crippen molar-refractivity contribution in [2.24, 2.45) is 14.7 Å². The molecule has 0 aliphatic carbocycles.